The van der Waals surface area contributed by atoms with Gasteiger partial charge in [0.05, 0.1) is 84.2 Å². The number of methoxy groups -OCH3 is 3. The number of phenols is 2. The van der Waals surface area contributed by atoms with E-state index in [-0.39, 0.29) is 102 Å². The van der Waals surface area contributed by atoms with E-state index in [1.165, 1.54) is 65.1 Å². The number of benzene rings is 6. The quantitative estimate of drug-likeness (QED) is 0.00985. The second kappa shape index (κ2) is 51.6. The Hall–Kier alpha value is -13.7. The van der Waals surface area contributed by atoms with Gasteiger partial charge >= 0.3 is 35.8 Å². The van der Waals surface area contributed by atoms with Crippen molar-refractivity contribution in [1.82, 2.24) is 96.4 Å². The van der Waals surface area contributed by atoms with E-state index in [9.17, 15) is 52.7 Å². The van der Waals surface area contributed by atoms with Gasteiger partial charge < -0.3 is 80.0 Å². The van der Waals surface area contributed by atoms with Gasteiger partial charge in [0.25, 0.3) is 5.69 Å². The number of thioether (sulfide) groups is 6. The van der Waals surface area contributed by atoms with Crippen LogP contribution in [-0.2, 0) is 28.8 Å². The molecule has 0 saturated carbocycles. The molecule has 2 aliphatic heterocycles. The molecule has 42 nitrogen and oxygen atoms in total. The van der Waals surface area contributed by atoms with Gasteiger partial charge in [0, 0.05) is 134 Å². The zero-order valence-corrected chi connectivity index (χ0v) is 76.8. The van der Waals surface area contributed by atoms with E-state index in [1.54, 1.807) is 18.2 Å². The molecule has 15 N–H and O–H groups in total. The number of terminal acetylenes is 1. The molecule has 0 atom stereocenters. The van der Waals surface area contributed by atoms with Gasteiger partial charge in [-0.15, -0.1) is 42.9 Å². The number of carboxylic acid groups (broad SMARTS) is 6. The van der Waals surface area contributed by atoms with Crippen molar-refractivity contribution >= 4 is 135 Å². The molecular weight excluding hydrogens is 1840 g/mol. The summed E-state index contributed by atoms with van der Waals surface area (Å²) < 4.78 is 44.2. The van der Waals surface area contributed by atoms with Crippen LogP contribution in [0.1, 0.15) is 39.5 Å². The number of halogens is 2. The molecule has 2 saturated heterocycles. The fourth-order valence-electron chi connectivity index (χ4n) is 12.1. The lowest BCUT2D eigenvalue weighted by Crippen LogP contribution is -2.43. The van der Waals surface area contributed by atoms with Crippen LogP contribution >= 0.6 is 70.6 Å². The van der Waals surface area contributed by atoms with E-state index in [2.05, 4.69) is 148 Å². The fraction of sp³-hybridized carbons (Fsp3) is 0.317. The summed E-state index contributed by atoms with van der Waals surface area (Å²) in [4.78, 5) is 108. The van der Waals surface area contributed by atoms with Crippen LogP contribution in [0.4, 0.5) is 37.2 Å². The van der Waals surface area contributed by atoms with E-state index in [4.69, 9.17) is 51.3 Å². The Kier molecular flexibility index (Phi) is 39.9. The Labute approximate surface area is 777 Å². The number of carbonyl (C=O) groups is 6. The van der Waals surface area contributed by atoms with Gasteiger partial charge in [-0.25, -0.2) is 38.7 Å². The van der Waals surface area contributed by atoms with Crippen molar-refractivity contribution in [3.63, 3.8) is 0 Å². The van der Waals surface area contributed by atoms with Crippen molar-refractivity contribution in [2.75, 3.05) is 148 Å². The molecular formula is C82H93F2N24O18S6+. The number of hydrogen-bond donors (Lipinski definition) is 15. The zero-order chi connectivity index (χ0) is 95.3. The first-order chi connectivity index (χ1) is 63.5. The number of anilines is 4. The SMILES string of the molecule is C#CCCN(C)c1ccc(-c2nc(SCC(=O)O)n[nH]2)cc1.CCN(CC)c1ccc(-c2nc(SCC(=O)O)n[nH]2)c(O)c1.COc1cc(F)c(-c2nc(SCC(=O)O)n[nH]2)cc1OC.COc1cc([N+](C)=O)cc(-c2nc(SCC(=O)O)n[nH]2)c1O.O=C(O)CSc1n[nH]c(-c2ccc(N3CCCCC3)cc2F)n1.O=C(O)CSc1n[nH]c(-c2cccc(N3CCNCC3)c2)n1. The van der Waals surface area contributed by atoms with Crippen molar-refractivity contribution in [2.24, 2.45) is 0 Å². The molecule has 8 heterocycles. The van der Waals surface area contributed by atoms with Crippen molar-refractivity contribution < 1.29 is 97.4 Å². The molecule has 2 aliphatic rings. The Bertz CT molecular complexity index is 5900. The van der Waals surface area contributed by atoms with Crippen LogP contribution in [0.2, 0.25) is 0 Å². The van der Waals surface area contributed by atoms with Crippen LogP contribution in [0.3, 0.4) is 0 Å². The number of aromatic amines is 6. The van der Waals surface area contributed by atoms with Crippen LogP contribution < -0.4 is 39.1 Å². The van der Waals surface area contributed by atoms with Crippen molar-refractivity contribution in [3.05, 3.63) is 126 Å². The smallest absolute Gasteiger partial charge is 0.313 e. The Morgan fingerprint density at radius 1 is 0.462 bits per heavy atom. The largest absolute Gasteiger partial charge is 0.507 e. The molecule has 6 aromatic carbocycles. The zero-order valence-electron chi connectivity index (χ0n) is 71.9. The molecule has 14 rings (SSSR count). The second-order valence-corrected chi connectivity index (χ2v) is 33.1. The maximum atomic E-state index is 14.4. The maximum Gasteiger partial charge on any atom is 0.313 e. The highest BCUT2D eigenvalue weighted by Crippen LogP contribution is 2.41. The molecule has 0 amide bonds. The van der Waals surface area contributed by atoms with Crippen molar-refractivity contribution in [3.8, 4) is 109 Å². The average Bonchev–Trinajstić information content (AvgIpc) is 1.41. The number of H-pyrrole nitrogens is 6. The van der Waals surface area contributed by atoms with Gasteiger partial charge in [0.15, 0.2) is 65.0 Å². The van der Waals surface area contributed by atoms with Crippen molar-refractivity contribution in [1.29, 1.82) is 0 Å². The van der Waals surface area contributed by atoms with Gasteiger partial charge in [-0.2, -0.15) is 0 Å². The first-order valence-corrected chi connectivity index (χ1v) is 45.7. The van der Waals surface area contributed by atoms with E-state index < -0.39 is 41.6 Å². The molecule has 0 bridgehead atoms. The van der Waals surface area contributed by atoms with Gasteiger partial charge in [0.2, 0.25) is 30.9 Å². The summed E-state index contributed by atoms with van der Waals surface area (Å²) in [6.45, 7) is 12.5. The van der Waals surface area contributed by atoms with Crippen LogP contribution in [0.15, 0.2) is 140 Å². The molecule has 698 valence electrons. The number of piperazine rings is 1. The lowest BCUT2D eigenvalue weighted by atomic mass is 10.1. The molecule has 2 fully saturated rings. The Balaban J connectivity index is 0.000000178. The normalized spacial score (nSPS) is 12.0. The molecule has 0 radical (unpaired) electrons. The number of nitrogens with zero attached hydrogens (tertiary/aromatic N) is 17. The molecule has 12 aromatic rings. The highest BCUT2D eigenvalue weighted by Gasteiger charge is 2.25. The molecule has 50 heteroatoms. The number of nitrogens with one attached hydrogen (secondary N) is 7. The number of piperidine rings is 1. The van der Waals surface area contributed by atoms with E-state index in [0.717, 1.165) is 176 Å². The monoisotopic (exact) mass is 1930 g/mol. The first kappa shape index (κ1) is 102. The first-order valence-electron chi connectivity index (χ1n) is 39.8. The van der Waals surface area contributed by atoms with E-state index in [0.29, 0.717) is 72.0 Å². The predicted molar refractivity (Wildman–Crippen MR) is 495 cm³/mol. The number of phenolic OH excluding ortho intramolecular Hbond substituents is 2. The standard InChI is InChI=1S/C15H17FN4O2S.C15H16N4O2S.C14H17N5O2S.C14H18N4O3S.C12H12FN3O4S.C12H12N4O5S/c16-12-8-10(20-6-2-1-3-7-20)4-5-11(12)14-17-15(19-18-14)23-9-13(21)22;1-3-4-9-19(2)12-7-5-11(6-8-12)14-16-15(18-17-14)22-10-13(20)21;20-12(21)9-22-14-16-13(17-18-14)10-2-1-3-11(8-10)19-6-4-15-5-7-19;1-3-18(4-2)9-5-6-10(11(19)7-9)13-15-14(17-16-13)22-8-12(20)21;1-19-8-3-6(7(13)4-9(8)20-2)11-14-12(16-15-11)21-5-10(17)18;1-16(20)6-3-7(10(19)8(4-6)21-2)11-13-12(15-14-11)22-5-9(17)18/h4-5,8H,1-3,6-7,9H2,(H,21,22)(H,17,18,19);1,5-8H,4,9-10H2,2H3,(H,20,21)(H,16,17,18);1-3,8,15H,4-7,9H2,(H,20,21)(H,16,17,18);5-7,19H,3-4,8H2,1-2H3,(H,20,21)(H,15,16,17);3-4H,5H2,1-2H3,(H,17,18)(H,14,15,16);3-4H,5H2,1-2H3,(H2-,13,14,15,17,18,19,20)/p+1. The Morgan fingerprint density at radius 3 is 1.30 bits per heavy atom. The summed E-state index contributed by atoms with van der Waals surface area (Å²) >= 11 is 6.07. The van der Waals surface area contributed by atoms with Crippen molar-refractivity contribution in [2.45, 2.75) is 70.5 Å². The lowest BCUT2D eigenvalue weighted by molar-refractivity contribution is -0.428. The summed E-state index contributed by atoms with van der Waals surface area (Å²) in [7, 11) is 7.51. The number of carboxylic acids is 6. The third kappa shape index (κ3) is 31.3. The maximum absolute atomic E-state index is 14.4. The summed E-state index contributed by atoms with van der Waals surface area (Å²) in [5.74, 6) is -1.60. The summed E-state index contributed by atoms with van der Waals surface area (Å²) in [5, 5.41) is 117. The Morgan fingerprint density at radius 2 is 0.864 bits per heavy atom. The third-order valence-electron chi connectivity index (χ3n) is 18.4. The minimum Gasteiger partial charge on any atom is -0.507 e. The number of nitroso groups, excluding NO2 is 1. The topological polar surface area (TPSA) is 586 Å². The summed E-state index contributed by atoms with van der Waals surface area (Å²) in [5.41, 5.74) is 7.40. The molecule has 132 heavy (non-hydrogen) atoms. The molecule has 0 aliphatic carbocycles. The third-order valence-corrected chi connectivity index (χ3v) is 23.4. The minimum absolute atomic E-state index is 0.0435. The highest BCUT2D eigenvalue weighted by molar-refractivity contribution is 8.00. The van der Waals surface area contributed by atoms with Gasteiger partial charge in [0.1, 0.15) is 17.4 Å². The fourth-order valence-corrected chi connectivity index (χ4v) is 15.2. The van der Waals surface area contributed by atoms with Gasteiger partial charge in [-0.1, -0.05) is 82.7 Å². The van der Waals surface area contributed by atoms with Crippen LogP contribution in [0, 0.1) is 28.9 Å². The number of rotatable bonds is 36. The molecule has 0 spiro atoms. The van der Waals surface area contributed by atoms with Crippen LogP contribution in [-0.4, -0.2) is 301 Å². The number of aliphatic carboxylic acids is 6. The number of aromatic nitrogens is 18. The van der Waals surface area contributed by atoms with E-state index >= 15 is 0 Å². The minimum atomic E-state index is -0.990. The van der Waals surface area contributed by atoms with Gasteiger partial charge in [-0.3, -0.25) is 59.4 Å². The average molecular weight is 1930 g/mol. The molecule has 6 aromatic heterocycles. The number of hydrogen-bond acceptors (Lipinski definition) is 35. The van der Waals surface area contributed by atoms with Crippen LogP contribution in [0.5, 0.6) is 28.7 Å². The van der Waals surface area contributed by atoms with Gasteiger partial charge in [-0.05, 0) is 106 Å². The predicted octanol–water partition coefficient (Wildman–Crippen LogP) is 11.4. The molecule has 0 unspecified atom stereocenters. The lowest BCUT2D eigenvalue weighted by Gasteiger charge is -2.29. The van der Waals surface area contributed by atoms with Crippen LogP contribution in [0.25, 0.3) is 68.3 Å². The highest BCUT2D eigenvalue weighted by atomic mass is 32.2. The number of aromatic hydroxyl groups is 2. The summed E-state index contributed by atoms with van der Waals surface area (Å²) in [6.07, 6.45) is 9.46. The second-order valence-electron chi connectivity index (χ2n) is 27.4. The van der Waals surface area contributed by atoms with E-state index in [1.807, 2.05) is 55.6 Å². The summed E-state index contributed by atoms with van der Waals surface area (Å²) in [6, 6.07) is 31.9. The number of ether oxygens (including phenoxy) is 3.